The predicted molar refractivity (Wildman–Crippen MR) is 348 cm³/mol. The van der Waals surface area contributed by atoms with E-state index < -0.39 is 57.1 Å². The summed E-state index contributed by atoms with van der Waals surface area (Å²) in [6.45, 7) is 0.820. The number of pyridine rings is 1. The standard InChI is InChI=1S/C78H60N4OSi.Pt/c1-54-25-18-19-38-66(54)70-52-79-76(47-55(70)2)82-72-42-21-20-39-68(72)69-45-44-61(51-74(69)82)83-60-30-23-29-59(50-60)80-53-81(73-46-43-57(49-75(73)80)56-26-10-6-11-27-56)77-67(40-24-41-71(77)78(3,4)5)58-28-22-37-65(48-58)84(62-31-12-7-13-32-62,63-33-14-8-15-34-63)64-35-16-9-17-36-64;/h6-49,52H,1-5H3;/q-2;/i1D3,2D3,18D,19D,25D,38D;. The number of benzene rings is 11. The van der Waals surface area contributed by atoms with E-state index in [1.165, 1.54) is 33.0 Å². The number of aryl methyl sites for hydroxylation is 1. The molecule has 0 atom stereocenters. The number of hydrogen-bond donors (Lipinski definition) is 0. The molecule has 0 aliphatic heterocycles. The average Bonchev–Trinajstić information content (AvgIpc) is 1.59. The van der Waals surface area contributed by atoms with Crippen LogP contribution in [0.1, 0.15) is 51.2 Å². The first-order chi connectivity index (χ1) is 45.2. The Morgan fingerprint density at radius 1 is 0.518 bits per heavy atom. The SMILES string of the molecule is [2H]c1c([2H])c([2H])c(C([2H])([2H])[2H])c(-c2cnc(-n3c4[c-]c(Oc5[c-]c(-n6[c-][n+](-c7c(-c8cccc([Si](c9ccccc9)(c9ccccc9)c9ccccc9)c8)cccc7C(C)(C)C)c7ccc(-c8ccccc8)cc76)ccc5)ccc4c4ccccc43)cc2C([2H])([2H])[2H])c1[2H].[Pt]. The fraction of sp³-hybridized carbons (Fsp3) is 0.0769. The molecular weight excluding hydrogens is 1230 g/mol. The Kier molecular flexibility index (Phi) is 11.7. The van der Waals surface area contributed by atoms with Crippen LogP contribution < -0.4 is 30.1 Å². The Labute approximate surface area is 527 Å². The molecule has 3 aromatic heterocycles. The average molecular weight is 1300 g/mol. The van der Waals surface area contributed by atoms with Crippen molar-refractivity contribution in [2.45, 2.75) is 39.9 Å². The van der Waals surface area contributed by atoms with Crippen LogP contribution >= 0.6 is 0 Å². The summed E-state index contributed by atoms with van der Waals surface area (Å²) in [6, 6.07) is 87.9. The molecular formula is C78H60N4OPtSi-2. The van der Waals surface area contributed by atoms with Crippen molar-refractivity contribution in [3.05, 3.63) is 308 Å². The van der Waals surface area contributed by atoms with Gasteiger partial charge in [-0.2, -0.15) is 18.2 Å². The summed E-state index contributed by atoms with van der Waals surface area (Å²) < 4.78 is 98.2. The minimum Gasteiger partial charge on any atom is -0.510 e. The molecule has 0 N–H and O–H groups in total. The van der Waals surface area contributed by atoms with Crippen LogP contribution in [0.4, 0.5) is 0 Å². The summed E-state index contributed by atoms with van der Waals surface area (Å²) in [4.78, 5) is 4.74. The molecule has 11 aromatic carbocycles. The van der Waals surface area contributed by atoms with E-state index in [4.69, 9.17) is 23.4 Å². The minimum absolute atomic E-state index is 0. The number of imidazole rings is 1. The molecule has 0 aliphatic carbocycles. The molecule has 414 valence electrons. The second kappa shape index (κ2) is 22.6. The maximum absolute atomic E-state index is 8.86. The summed E-state index contributed by atoms with van der Waals surface area (Å²) in [5.74, 6) is 0.827. The number of ether oxygens (including phenoxy) is 1. The number of fused-ring (bicyclic) bond motifs is 4. The minimum atomic E-state index is -3.03. The topological polar surface area (TPSA) is 35.9 Å². The zero-order chi connectivity index (χ0) is 65.4. The van der Waals surface area contributed by atoms with E-state index in [0.29, 0.717) is 28.2 Å². The van der Waals surface area contributed by atoms with Crippen molar-refractivity contribution in [3.8, 4) is 62.1 Å². The maximum Gasteiger partial charge on any atom is 0.268 e. The van der Waals surface area contributed by atoms with Crippen LogP contribution in [-0.2, 0) is 26.5 Å². The van der Waals surface area contributed by atoms with Gasteiger partial charge in [0.2, 0.25) is 0 Å². The fourth-order valence-corrected chi connectivity index (χ4v) is 16.9. The molecule has 0 radical (unpaired) electrons. The summed E-state index contributed by atoms with van der Waals surface area (Å²) in [5, 5.41) is 6.66. The van der Waals surface area contributed by atoms with Crippen LogP contribution in [-0.4, -0.2) is 22.2 Å². The molecule has 0 saturated heterocycles. The van der Waals surface area contributed by atoms with Gasteiger partial charge in [0.1, 0.15) is 5.82 Å². The van der Waals surface area contributed by atoms with E-state index in [0.717, 1.165) is 55.3 Å². The number of hydrogen-bond acceptors (Lipinski definition) is 2. The molecule has 7 heteroatoms. The summed E-state index contributed by atoms with van der Waals surface area (Å²) in [7, 11) is -2.93. The molecule has 14 rings (SSSR count). The van der Waals surface area contributed by atoms with E-state index in [-0.39, 0.29) is 43.4 Å². The first kappa shape index (κ1) is 44.1. The van der Waals surface area contributed by atoms with Gasteiger partial charge in [0.15, 0.2) is 8.07 Å². The van der Waals surface area contributed by atoms with Crippen molar-refractivity contribution >= 4 is 61.7 Å². The molecule has 5 nitrogen and oxygen atoms in total. The van der Waals surface area contributed by atoms with Gasteiger partial charge in [0.05, 0.1) is 22.2 Å². The van der Waals surface area contributed by atoms with Crippen LogP contribution in [0.5, 0.6) is 11.5 Å². The third-order valence-electron chi connectivity index (χ3n) is 15.9. The molecule has 0 bridgehead atoms. The monoisotopic (exact) mass is 1300 g/mol. The third kappa shape index (κ3) is 9.85. The zero-order valence-corrected chi connectivity index (χ0v) is 50.0. The van der Waals surface area contributed by atoms with E-state index in [9.17, 15) is 0 Å². The smallest absolute Gasteiger partial charge is 0.268 e. The molecule has 3 heterocycles. The molecule has 0 unspecified atom stereocenters. The molecule has 0 saturated carbocycles. The van der Waals surface area contributed by atoms with E-state index in [1.54, 1.807) is 4.57 Å². The fourth-order valence-electron chi connectivity index (χ4n) is 12.1. The Bertz CT molecular complexity index is 5150. The molecule has 85 heavy (non-hydrogen) atoms. The molecule has 0 fully saturated rings. The molecule has 0 amide bonds. The van der Waals surface area contributed by atoms with Crippen molar-refractivity contribution in [1.29, 1.82) is 0 Å². The number of aromatic nitrogens is 4. The van der Waals surface area contributed by atoms with Crippen LogP contribution in [0.25, 0.3) is 83.4 Å². The van der Waals surface area contributed by atoms with Crippen molar-refractivity contribution in [2.24, 2.45) is 0 Å². The first-order valence-corrected chi connectivity index (χ1v) is 29.9. The van der Waals surface area contributed by atoms with E-state index in [1.807, 2.05) is 77.4 Å². The van der Waals surface area contributed by atoms with Crippen LogP contribution in [0.15, 0.2) is 273 Å². The van der Waals surface area contributed by atoms with Crippen LogP contribution in [0, 0.1) is 32.2 Å². The predicted octanol–water partition coefficient (Wildman–Crippen LogP) is 15.9. The molecule has 14 aromatic rings. The van der Waals surface area contributed by atoms with Gasteiger partial charge in [-0.25, -0.2) is 4.98 Å². The van der Waals surface area contributed by atoms with Crippen LogP contribution in [0.3, 0.4) is 0 Å². The number of para-hydroxylation sites is 2. The van der Waals surface area contributed by atoms with Gasteiger partial charge in [0.25, 0.3) is 6.33 Å². The summed E-state index contributed by atoms with van der Waals surface area (Å²) in [5.41, 5.74) is 7.79. The van der Waals surface area contributed by atoms with Crippen molar-refractivity contribution in [1.82, 2.24) is 14.1 Å². The van der Waals surface area contributed by atoms with Gasteiger partial charge in [0, 0.05) is 58.1 Å². The van der Waals surface area contributed by atoms with Crippen molar-refractivity contribution < 1.29 is 44.1 Å². The Morgan fingerprint density at radius 2 is 1.15 bits per heavy atom. The normalized spacial score (nSPS) is 13.7. The van der Waals surface area contributed by atoms with Gasteiger partial charge in [-0.3, -0.25) is 4.57 Å². The maximum atomic E-state index is 8.86. The van der Waals surface area contributed by atoms with E-state index >= 15 is 0 Å². The van der Waals surface area contributed by atoms with Gasteiger partial charge in [-0.15, -0.1) is 29.7 Å². The Hall–Kier alpha value is -9.45. The zero-order valence-electron chi connectivity index (χ0n) is 56.7. The first-order valence-electron chi connectivity index (χ1n) is 32.9. The van der Waals surface area contributed by atoms with Crippen LogP contribution in [0.2, 0.25) is 0 Å². The summed E-state index contributed by atoms with van der Waals surface area (Å²) >= 11 is 0. The molecule has 0 aliphatic rings. The van der Waals surface area contributed by atoms with Crippen molar-refractivity contribution in [2.75, 3.05) is 0 Å². The Balaban J connectivity index is 0.00000818. The van der Waals surface area contributed by atoms with E-state index in [2.05, 4.69) is 208 Å². The van der Waals surface area contributed by atoms with Gasteiger partial charge in [-0.1, -0.05) is 245 Å². The second-order valence-corrected chi connectivity index (χ2v) is 25.8. The quantitative estimate of drug-likeness (QED) is 0.0529. The van der Waals surface area contributed by atoms with Gasteiger partial charge < -0.3 is 13.9 Å². The largest absolute Gasteiger partial charge is 0.510 e. The Morgan fingerprint density at radius 3 is 1.87 bits per heavy atom. The van der Waals surface area contributed by atoms with Crippen molar-refractivity contribution in [3.63, 3.8) is 0 Å². The second-order valence-electron chi connectivity index (χ2n) is 22.0. The van der Waals surface area contributed by atoms with Gasteiger partial charge >= 0.3 is 0 Å². The third-order valence-corrected chi connectivity index (χ3v) is 20.7. The number of rotatable bonds is 12. The number of nitrogens with zero attached hydrogens (tertiary/aromatic N) is 4. The summed E-state index contributed by atoms with van der Waals surface area (Å²) in [6.07, 6.45) is 5.06. The molecule has 0 spiro atoms. The van der Waals surface area contributed by atoms with Gasteiger partial charge in [-0.05, 0) is 114 Å².